The minimum Gasteiger partial charge on any atom is -0.504 e. The fourth-order valence-corrected chi connectivity index (χ4v) is 24.4. The summed E-state index contributed by atoms with van der Waals surface area (Å²) in [6.07, 6.45) is 3.65. The van der Waals surface area contributed by atoms with Crippen LogP contribution in [0, 0.1) is 50.4 Å². The monoisotopic (exact) mass is 1660 g/mol. The van der Waals surface area contributed by atoms with Crippen LogP contribution in [0.15, 0.2) is 36.4 Å². The topological polar surface area (TPSA) is 353 Å². The first-order valence-corrected chi connectivity index (χ1v) is 41.0. The third kappa shape index (κ3) is 12.5. The largest absolute Gasteiger partial charge is 0.504 e. The van der Waals surface area contributed by atoms with Gasteiger partial charge >= 0.3 is 23.9 Å². The van der Waals surface area contributed by atoms with Gasteiger partial charge in [-0.15, -0.1) is 23.5 Å². The van der Waals surface area contributed by atoms with Gasteiger partial charge in [-0.25, -0.2) is 9.59 Å². The lowest BCUT2D eigenvalue weighted by Crippen LogP contribution is -2.69. The molecule has 29 nitrogen and oxygen atoms in total. The van der Waals surface area contributed by atoms with Crippen LogP contribution in [-0.4, -0.2) is 212 Å². The fourth-order valence-electron chi connectivity index (χ4n) is 21.0. The number of aryl methyl sites for hydroxylation is 2. The van der Waals surface area contributed by atoms with Crippen LogP contribution in [-0.2, 0) is 70.2 Å². The molecule has 14 aliphatic rings. The van der Waals surface area contributed by atoms with E-state index in [0.717, 1.165) is 39.7 Å². The van der Waals surface area contributed by atoms with Crippen molar-refractivity contribution < 1.29 is 101 Å². The summed E-state index contributed by atoms with van der Waals surface area (Å²) in [5.41, 5.74) is 9.00. The molecule has 2 unspecified atom stereocenters. The molecule has 14 heterocycles. The number of aromatic hydroxyl groups is 4. The number of phenolic OH excluding ortho intramolecular Hbond substituents is 4. The quantitative estimate of drug-likeness (QED) is 0.0537. The molecule has 4 saturated heterocycles. The van der Waals surface area contributed by atoms with Gasteiger partial charge in [-0.05, 0) is 143 Å². The van der Waals surface area contributed by atoms with E-state index in [1.54, 1.807) is 31.4 Å². The highest BCUT2D eigenvalue weighted by atomic mass is 32.2. The van der Waals surface area contributed by atoms with Crippen molar-refractivity contribution in [2.75, 3.05) is 100 Å². The summed E-state index contributed by atoms with van der Waals surface area (Å²) in [5, 5.41) is 70.5. The number of nitrogens with one attached hydrogen (secondary N) is 1. The molecule has 0 saturated carbocycles. The number of fused-ring (bicyclic) bond motifs is 18. The van der Waals surface area contributed by atoms with Gasteiger partial charge in [0, 0.05) is 114 Å². The van der Waals surface area contributed by atoms with Crippen LogP contribution >= 0.6 is 23.5 Å². The molecule has 2 spiro atoms. The third-order valence-corrected chi connectivity index (χ3v) is 28.7. The molecule has 8 bridgehead atoms. The number of carbonyl (C=O) groups is 5. The molecule has 0 aliphatic carbocycles. The number of nitriles is 2. The zero-order valence-corrected chi connectivity index (χ0v) is 68.7. The van der Waals surface area contributed by atoms with Crippen LogP contribution in [0.4, 0.5) is 0 Å². The summed E-state index contributed by atoms with van der Waals surface area (Å²) < 4.78 is 72.5. The Balaban J connectivity index is 0.000000183. The van der Waals surface area contributed by atoms with Gasteiger partial charge in [0.15, 0.2) is 80.1 Å². The number of piperazine rings is 2. The van der Waals surface area contributed by atoms with Gasteiger partial charge in [-0.1, -0.05) is 40.8 Å². The van der Waals surface area contributed by atoms with E-state index >= 15 is 4.79 Å². The lowest BCUT2D eigenvalue weighted by atomic mass is 9.71. The zero-order valence-electron chi connectivity index (χ0n) is 67.0. The lowest BCUT2D eigenvalue weighted by Gasteiger charge is -2.62. The van der Waals surface area contributed by atoms with Crippen molar-refractivity contribution in [3.63, 3.8) is 0 Å². The number of thioether (sulfide) groups is 2. The molecule has 0 amide bonds. The Labute approximate surface area is 694 Å². The number of ether oxygens (including phenoxy) is 12. The summed E-state index contributed by atoms with van der Waals surface area (Å²) >= 11 is 3.00. The highest BCUT2D eigenvalue weighted by Gasteiger charge is 2.65. The first-order chi connectivity index (χ1) is 55.8. The van der Waals surface area contributed by atoms with E-state index in [2.05, 4.69) is 48.0 Å². The average molecular weight is 1660 g/mol. The van der Waals surface area contributed by atoms with Crippen molar-refractivity contribution in [1.82, 2.24) is 29.8 Å². The Morgan fingerprint density at radius 1 is 0.585 bits per heavy atom. The van der Waals surface area contributed by atoms with Crippen LogP contribution in [0.25, 0.3) is 0 Å². The van der Waals surface area contributed by atoms with Crippen molar-refractivity contribution in [2.24, 2.45) is 0 Å². The van der Waals surface area contributed by atoms with Crippen LogP contribution in [0.1, 0.15) is 173 Å². The van der Waals surface area contributed by atoms with Gasteiger partial charge in [-0.2, -0.15) is 10.5 Å². The summed E-state index contributed by atoms with van der Waals surface area (Å²) in [5.74, 6) is 2.10. The van der Waals surface area contributed by atoms with E-state index < -0.39 is 93.8 Å². The molecule has 20 rings (SSSR count). The SMILES string of the molecule is C.C.CCC=O.CCN1CCc2cc(O)c(OC)cc2[C@@]12CS[C@@H]1c3c(OC(C)=O)c(C)c4c(c3[C@H](COC2=O)N2C1[C@H]1c3c(cc(C)c(OC)c3O)C[C@@H]([C@@H]2C#N)N1C)OCO4.COc1cc2c(cc1O)CCN[C@]21CS[C@@H]2c3c(OC(C)=O)c(C)c4c(c3[C@H](COC1=O)N1C2[C@H]2c3c(cc(C)c(OC)c3O)C[C@@H]([C@@H]1C#N)N2C)OCO4. The van der Waals surface area contributed by atoms with Gasteiger partial charge in [-0.3, -0.25) is 39.4 Å². The molecule has 31 heteroatoms. The Kier molecular flexibility index (Phi) is 23.0. The molecule has 14 aliphatic heterocycles. The van der Waals surface area contributed by atoms with E-state index in [1.807, 2.05) is 61.7 Å². The summed E-state index contributed by atoms with van der Waals surface area (Å²) in [6.45, 7) is 15.0. The van der Waals surface area contributed by atoms with Gasteiger partial charge in [0.1, 0.15) is 43.1 Å². The number of hydrogen-bond donors (Lipinski definition) is 5. The van der Waals surface area contributed by atoms with Crippen LogP contribution in [0.5, 0.6) is 80.5 Å². The van der Waals surface area contributed by atoms with E-state index in [9.17, 15) is 50.1 Å². The molecule has 0 aromatic heterocycles. The molecule has 0 radical (unpaired) electrons. The van der Waals surface area contributed by atoms with E-state index in [-0.39, 0.29) is 99.7 Å². The molecular formula is C87H102N8O21S2. The fraction of sp³-hybridized carbons (Fsp3) is 0.506. The number of methoxy groups -OCH3 is 4. The van der Waals surface area contributed by atoms with Gasteiger partial charge < -0.3 is 82.1 Å². The summed E-state index contributed by atoms with van der Waals surface area (Å²) in [4.78, 5) is 75.8. The first-order valence-electron chi connectivity index (χ1n) is 39.0. The molecule has 6 aromatic carbocycles. The minimum atomic E-state index is -1.36. The number of carbonyl (C=O) groups excluding carboxylic acids is 5. The molecule has 628 valence electrons. The van der Waals surface area contributed by atoms with Crippen LogP contribution in [0.3, 0.4) is 0 Å². The third-order valence-electron chi connectivity index (χ3n) is 25.8. The number of nitrogens with zero attached hydrogens (tertiary/aromatic N) is 7. The number of benzene rings is 6. The Morgan fingerprint density at radius 3 is 1.46 bits per heavy atom. The van der Waals surface area contributed by atoms with Crippen LogP contribution < -0.4 is 52.7 Å². The number of phenols is 4. The van der Waals surface area contributed by atoms with E-state index in [0.29, 0.717) is 153 Å². The number of esters is 4. The van der Waals surface area contributed by atoms with Gasteiger partial charge in [0.2, 0.25) is 13.6 Å². The standard InChI is InChI=1S/C42H46N4O10S.C40H42N4O10S.C3H6O.2CH4/c1-8-45-10-9-22-13-28(48)29(51-6)14-24(22)42(45)17-57-40-32-31(39-38(54-18-55-39)20(3)37(32)56-21(4)47)27(16-53-41(42)50)46-26(15-43)25-12-23-11-19(2)36(52-7)35(49)30(23)33(34(40)46)44(25)5;1-17-9-21-10-23-24(13-41)44-25-14-51-39(48)40(22-12-27(49-5)26(46)11-20(22)7-8-42-40)15-55-38(32(44)31(43(23)4)28(21)33(47)34(17)50-6)30-29(25)37-36(52-16-53-37)18(2)35(30)54-19(3)45;1-2-3-4;;/h11,13-14,25-27,33-34,40,48-49H,8-10,12,16-18H2,1-7H3;9,11-12,23-25,31-32,38,42,46-47H,7-8,10,14-16H2,1-6H3;3H,2H2,1H3;2*1H4/t25-,26-,27-,33+,34?,40+,42+;23-,24-,25-,31+,32?,38+,40+;;;/m00.../s1. The second kappa shape index (κ2) is 32.2. The second-order valence-electron chi connectivity index (χ2n) is 31.4. The van der Waals surface area contributed by atoms with Crippen molar-refractivity contribution in [2.45, 2.75) is 184 Å². The predicted molar refractivity (Wildman–Crippen MR) is 435 cm³/mol. The van der Waals surface area contributed by atoms with Crippen LogP contribution in [0.2, 0.25) is 0 Å². The maximum absolute atomic E-state index is 15.1. The molecule has 14 atom stereocenters. The van der Waals surface area contributed by atoms with Crippen molar-refractivity contribution in [1.29, 1.82) is 10.5 Å². The minimum absolute atomic E-state index is 0. The smallest absolute Gasteiger partial charge is 0.332 e. The number of hydrogen-bond acceptors (Lipinski definition) is 31. The molecule has 5 N–H and O–H groups in total. The average Bonchev–Trinajstić information content (AvgIpc) is 1.16. The Hall–Kier alpha value is -10.1. The van der Waals surface area contributed by atoms with Gasteiger partial charge in [0.05, 0.1) is 75.2 Å². The molecule has 4 fully saturated rings. The summed E-state index contributed by atoms with van der Waals surface area (Å²) in [7, 11) is 10.0. The number of aldehydes is 1. The maximum atomic E-state index is 15.1. The van der Waals surface area contributed by atoms with E-state index in [1.165, 1.54) is 58.7 Å². The van der Waals surface area contributed by atoms with E-state index in [4.69, 9.17) is 56.8 Å². The number of likely N-dealkylation sites (N-methyl/N-ethyl adjacent to an activating group) is 3. The molecule has 118 heavy (non-hydrogen) atoms. The highest BCUT2D eigenvalue weighted by Crippen LogP contribution is 2.68. The lowest BCUT2D eigenvalue weighted by molar-refractivity contribution is -0.164. The Bertz CT molecular complexity index is 5210. The molecule has 6 aromatic rings. The van der Waals surface area contributed by atoms with Gasteiger partial charge in [0.25, 0.3) is 0 Å². The number of rotatable bonds is 8. The predicted octanol–water partition coefficient (Wildman–Crippen LogP) is 10.6. The first kappa shape index (κ1) is 84.4. The van der Waals surface area contributed by atoms with Crippen molar-refractivity contribution in [3.8, 4) is 92.6 Å². The normalized spacial score (nSPS) is 27.6. The molecular weight excluding hydrogens is 1560 g/mol. The highest BCUT2D eigenvalue weighted by molar-refractivity contribution is 7.99. The maximum Gasteiger partial charge on any atom is 0.332 e. The Morgan fingerprint density at radius 2 is 1.03 bits per heavy atom. The second-order valence-corrected chi connectivity index (χ2v) is 33.6. The zero-order chi connectivity index (χ0) is 82.3. The van der Waals surface area contributed by atoms with Crippen molar-refractivity contribution >= 4 is 53.7 Å². The van der Waals surface area contributed by atoms with Crippen molar-refractivity contribution in [3.05, 3.63) is 125 Å². The summed E-state index contributed by atoms with van der Waals surface area (Å²) in [6, 6.07) is 10.7.